The molecule has 0 bridgehead atoms. The SMILES string of the molecule is OCc1ccnc(F)c1-c1ccc(Cl)cc1Cl. The Hall–Kier alpha value is -1.16. The Kier molecular flexibility index (Phi) is 3.62. The molecule has 2 nitrogen and oxygen atoms in total. The first-order valence-corrected chi connectivity index (χ1v) is 5.58. The molecule has 2 aromatic rings. The quantitative estimate of drug-likeness (QED) is 0.846. The van der Waals surface area contributed by atoms with E-state index in [0.29, 0.717) is 21.2 Å². The Balaban J connectivity index is 2.67. The molecule has 0 atom stereocenters. The van der Waals surface area contributed by atoms with Crippen molar-refractivity contribution in [1.82, 2.24) is 4.98 Å². The van der Waals surface area contributed by atoms with Gasteiger partial charge in [-0.05, 0) is 23.8 Å². The van der Waals surface area contributed by atoms with Crippen LogP contribution in [0.15, 0.2) is 30.5 Å². The number of hydrogen-bond acceptors (Lipinski definition) is 2. The lowest BCUT2D eigenvalue weighted by Gasteiger charge is -2.10. The van der Waals surface area contributed by atoms with Gasteiger partial charge in [-0.3, -0.25) is 0 Å². The van der Waals surface area contributed by atoms with Crippen molar-refractivity contribution in [2.45, 2.75) is 6.61 Å². The van der Waals surface area contributed by atoms with E-state index in [9.17, 15) is 9.50 Å². The van der Waals surface area contributed by atoms with Crippen molar-refractivity contribution >= 4 is 23.2 Å². The maximum Gasteiger partial charge on any atom is 0.221 e. The fourth-order valence-corrected chi connectivity index (χ4v) is 2.08. The van der Waals surface area contributed by atoms with Gasteiger partial charge in [0.1, 0.15) is 0 Å². The second kappa shape index (κ2) is 5.00. The lowest BCUT2D eigenvalue weighted by atomic mass is 10.0. The minimum atomic E-state index is -0.666. The summed E-state index contributed by atoms with van der Waals surface area (Å²) in [5, 5.41) is 9.97. The highest BCUT2D eigenvalue weighted by molar-refractivity contribution is 6.36. The first-order valence-electron chi connectivity index (χ1n) is 4.83. The Morgan fingerprint density at radius 2 is 2.00 bits per heavy atom. The Morgan fingerprint density at radius 1 is 1.24 bits per heavy atom. The van der Waals surface area contributed by atoms with Gasteiger partial charge < -0.3 is 5.11 Å². The van der Waals surface area contributed by atoms with Gasteiger partial charge in [0.25, 0.3) is 0 Å². The molecule has 1 N–H and O–H groups in total. The van der Waals surface area contributed by atoms with Gasteiger partial charge in [-0.1, -0.05) is 29.3 Å². The third kappa shape index (κ3) is 2.41. The van der Waals surface area contributed by atoms with Gasteiger partial charge in [-0.15, -0.1) is 0 Å². The minimum absolute atomic E-state index is 0.205. The number of nitrogens with zero attached hydrogens (tertiary/aromatic N) is 1. The van der Waals surface area contributed by atoms with Crippen LogP contribution in [0.25, 0.3) is 11.1 Å². The number of hydrogen-bond donors (Lipinski definition) is 1. The Morgan fingerprint density at radius 3 is 2.65 bits per heavy atom. The van der Waals surface area contributed by atoms with E-state index >= 15 is 0 Å². The van der Waals surface area contributed by atoms with Crippen LogP contribution in [0, 0.1) is 5.95 Å². The van der Waals surface area contributed by atoms with Crippen molar-refractivity contribution in [3.05, 3.63) is 52.0 Å². The summed E-state index contributed by atoms with van der Waals surface area (Å²) in [5.41, 5.74) is 1.10. The maximum atomic E-state index is 13.7. The summed E-state index contributed by atoms with van der Waals surface area (Å²) in [6, 6.07) is 6.27. The molecular weight excluding hydrogens is 264 g/mol. The molecule has 17 heavy (non-hydrogen) atoms. The summed E-state index contributed by atoms with van der Waals surface area (Å²) in [4.78, 5) is 3.56. The second-order valence-corrected chi connectivity index (χ2v) is 4.26. The van der Waals surface area contributed by atoms with Gasteiger partial charge in [-0.25, -0.2) is 4.98 Å². The molecule has 0 aliphatic rings. The van der Waals surface area contributed by atoms with E-state index in [0.717, 1.165) is 0 Å². The first-order chi connectivity index (χ1) is 8.13. The molecule has 2 rings (SSSR count). The molecule has 1 aromatic heterocycles. The standard InChI is InChI=1S/C12H8Cl2FNO/c13-8-1-2-9(10(14)5-8)11-7(6-17)3-4-16-12(11)15/h1-5,17H,6H2. The smallest absolute Gasteiger partial charge is 0.221 e. The van der Waals surface area contributed by atoms with Crippen LogP contribution in [0.2, 0.25) is 10.0 Å². The second-order valence-electron chi connectivity index (χ2n) is 3.42. The predicted molar refractivity (Wildman–Crippen MR) is 65.6 cm³/mol. The average Bonchev–Trinajstić information content (AvgIpc) is 2.30. The van der Waals surface area contributed by atoms with Crippen molar-refractivity contribution in [3.8, 4) is 11.1 Å². The number of aromatic nitrogens is 1. The van der Waals surface area contributed by atoms with Crippen molar-refractivity contribution < 1.29 is 9.50 Å². The maximum absolute atomic E-state index is 13.7. The number of benzene rings is 1. The summed E-state index contributed by atoms with van der Waals surface area (Å²) >= 11 is 11.8. The van der Waals surface area contributed by atoms with Crippen LogP contribution in [0.4, 0.5) is 4.39 Å². The molecular formula is C12H8Cl2FNO. The molecule has 0 amide bonds. The molecule has 0 radical (unpaired) electrons. The average molecular weight is 272 g/mol. The fourth-order valence-electron chi connectivity index (χ4n) is 1.58. The van der Waals surface area contributed by atoms with Crippen molar-refractivity contribution in [2.24, 2.45) is 0 Å². The predicted octanol–water partition coefficient (Wildman–Crippen LogP) is 3.69. The molecule has 5 heteroatoms. The normalized spacial score (nSPS) is 10.6. The minimum Gasteiger partial charge on any atom is -0.392 e. The molecule has 0 aliphatic heterocycles. The van der Waals surface area contributed by atoms with Crippen LogP contribution >= 0.6 is 23.2 Å². The van der Waals surface area contributed by atoms with E-state index in [1.165, 1.54) is 12.3 Å². The summed E-state index contributed by atoms with van der Waals surface area (Å²) in [6.45, 7) is -0.284. The topological polar surface area (TPSA) is 33.1 Å². The first kappa shape index (κ1) is 12.3. The number of rotatable bonds is 2. The zero-order chi connectivity index (χ0) is 12.4. The van der Waals surface area contributed by atoms with Crippen LogP contribution < -0.4 is 0 Å². The largest absolute Gasteiger partial charge is 0.392 e. The third-order valence-corrected chi connectivity index (χ3v) is 2.91. The number of halogens is 3. The summed E-state index contributed by atoms with van der Waals surface area (Å²) in [7, 11) is 0. The molecule has 0 unspecified atom stereocenters. The van der Waals surface area contributed by atoms with E-state index in [-0.39, 0.29) is 12.2 Å². The lowest BCUT2D eigenvalue weighted by molar-refractivity contribution is 0.281. The van der Waals surface area contributed by atoms with E-state index in [2.05, 4.69) is 4.98 Å². The van der Waals surface area contributed by atoms with Crippen LogP contribution in [-0.4, -0.2) is 10.1 Å². The van der Waals surface area contributed by atoms with Gasteiger partial charge in [0, 0.05) is 22.3 Å². The van der Waals surface area contributed by atoms with E-state index in [1.54, 1.807) is 18.2 Å². The van der Waals surface area contributed by atoms with Gasteiger partial charge in [0.2, 0.25) is 5.95 Å². The summed E-state index contributed by atoms with van der Waals surface area (Å²) in [5.74, 6) is -0.666. The molecule has 0 aliphatic carbocycles. The highest BCUT2D eigenvalue weighted by Crippen LogP contribution is 2.33. The fraction of sp³-hybridized carbons (Fsp3) is 0.0833. The molecule has 1 aromatic carbocycles. The molecule has 88 valence electrons. The van der Waals surface area contributed by atoms with Crippen molar-refractivity contribution in [2.75, 3.05) is 0 Å². The molecule has 0 spiro atoms. The molecule has 0 saturated carbocycles. The van der Waals surface area contributed by atoms with E-state index in [4.69, 9.17) is 23.2 Å². The molecule has 0 fully saturated rings. The van der Waals surface area contributed by atoms with Gasteiger partial charge in [0.15, 0.2) is 0 Å². The van der Waals surface area contributed by atoms with Gasteiger partial charge >= 0.3 is 0 Å². The van der Waals surface area contributed by atoms with Crippen LogP contribution in [0.1, 0.15) is 5.56 Å². The number of aliphatic hydroxyl groups excluding tert-OH is 1. The van der Waals surface area contributed by atoms with Crippen molar-refractivity contribution in [3.63, 3.8) is 0 Å². The zero-order valence-corrected chi connectivity index (χ0v) is 10.1. The summed E-state index contributed by atoms with van der Waals surface area (Å²) < 4.78 is 13.7. The number of pyridine rings is 1. The molecule has 1 heterocycles. The van der Waals surface area contributed by atoms with E-state index < -0.39 is 5.95 Å². The molecule has 0 saturated heterocycles. The number of aliphatic hydroxyl groups is 1. The summed E-state index contributed by atoms with van der Waals surface area (Å²) in [6.07, 6.45) is 1.30. The lowest BCUT2D eigenvalue weighted by Crippen LogP contribution is -1.96. The van der Waals surface area contributed by atoms with Gasteiger partial charge in [-0.2, -0.15) is 4.39 Å². The van der Waals surface area contributed by atoms with Crippen LogP contribution in [-0.2, 0) is 6.61 Å². The Labute approximate surface area is 108 Å². The monoisotopic (exact) mass is 271 g/mol. The van der Waals surface area contributed by atoms with Crippen LogP contribution in [0.3, 0.4) is 0 Å². The van der Waals surface area contributed by atoms with Gasteiger partial charge in [0.05, 0.1) is 11.6 Å². The van der Waals surface area contributed by atoms with Crippen LogP contribution in [0.5, 0.6) is 0 Å². The highest BCUT2D eigenvalue weighted by atomic mass is 35.5. The highest BCUT2D eigenvalue weighted by Gasteiger charge is 2.14. The van der Waals surface area contributed by atoms with E-state index in [1.807, 2.05) is 0 Å². The Bertz CT molecular complexity index is 560. The third-order valence-electron chi connectivity index (χ3n) is 2.36. The zero-order valence-electron chi connectivity index (χ0n) is 8.62. The van der Waals surface area contributed by atoms with Crippen molar-refractivity contribution in [1.29, 1.82) is 0 Å².